The first-order chi connectivity index (χ1) is 13.0. The Morgan fingerprint density at radius 1 is 1.26 bits per heavy atom. The van der Waals surface area contributed by atoms with Crippen LogP contribution in [0.3, 0.4) is 0 Å². The van der Waals surface area contributed by atoms with E-state index in [1.807, 2.05) is 35.8 Å². The van der Waals surface area contributed by atoms with E-state index < -0.39 is 12.1 Å². The van der Waals surface area contributed by atoms with E-state index in [1.54, 1.807) is 18.2 Å². The van der Waals surface area contributed by atoms with Crippen molar-refractivity contribution in [1.82, 2.24) is 14.9 Å². The van der Waals surface area contributed by atoms with Crippen molar-refractivity contribution in [2.24, 2.45) is 10.7 Å². The fraction of sp³-hybridized carbons (Fsp3) is 0.158. The summed E-state index contributed by atoms with van der Waals surface area (Å²) in [6.07, 6.45) is 1.19. The number of rotatable bonds is 4. The average molecular weight is 366 g/mol. The summed E-state index contributed by atoms with van der Waals surface area (Å²) >= 11 is 0. The zero-order chi connectivity index (χ0) is 19.0. The maximum Gasteiger partial charge on any atom is 0.205 e. The number of aryl methyl sites for hydroxylation is 1. The Balaban J connectivity index is 1.63. The number of benzene rings is 2. The summed E-state index contributed by atoms with van der Waals surface area (Å²) in [5.41, 5.74) is 8.40. The topological polar surface area (TPSA) is 89.5 Å². The normalized spacial score (nSPS) is 16.5. The first-order valence-corrected chi connectivity index (χ1v) is 8.41. The Bertz CT molecular complexity index is 1070. The number of methoxy groups -OCH3 is 1. The third-order valence-electron chi connectivity index (χ3n) is 4.30. The number of imidazole rings is 1. The number of ether oxygens (including phenoxy) is 1. The molecule has 4 N–H and O–H groups in total. The van der Waals surface area contributed by atoms with Gasteiger partial charge >= 0.3 is 0 Å². The van der Waals surface area contributed by atoms with E-state index in [4.69, 9.17) is 10.5 Å². The predicted molar refractivity (Wildman–Crippen MR) is 103 cm³/mol. The van der Waals surface area contributed by atoms with Crippen LogP contribution in [0.1, 0.15) is 12.1 Å². The molecule has 7 nitrogen and oxygen atoms in total. The summed E-state index contributed by atoms with van der Waals surface area (Å²) in [6.45, 7) is 1.91. The molecule has 1 unspecified atom stereocenters. The van der Waals surface area contributed by atoms with Gasteiger partial charge in [-0.25, -0.2) is 14.4 Å². The molecule has 0 saturated heterocycles. The van der Waals surface area contributed by atoms with Gasteiger partial charge in [0.1, 0.15) is 17.5 Å². The molecule has 3 aromatic rings. The molecule has 1 aromatic heterocycles. The number of nitrogens with two attached hydrogens (primary N) is 1. The number of amidine groups is 1. The summed E-state index contributed by atoms with van der Waals surface area (Å²) < 4.78 is 20.9. The highest BCUT2D eigenvalue weighted by Crippen LogP contribution is 2.25. The lowest BCUT2D eigenvalue weighted by Gasteiger charge is -2.25. The number of nitrogens with one attached hydrogen (secondary N) is 2. The van der Waals surface area contributed by atoms with Crippen molar-refractivity contribution < 1.29 is 9.13 Å². The molecule has 0 radical (unpaired) electrons. The minimum Gasteiger partial charge on any atom is -0.494 e. The number of hydrogen-bond acceptors (Lipinski definition) is 6. The Hall–Kier alpha value is -3.55. The molecule has 0 fully saturated rings. The lowest BCUT2D eigenvalue weighted by Crippen LogP contribution is -2.35. The van der Waals surface area contributed by atoms with Gasteiger partial charge in [0.25, 0.3) is 0 Å². The first-order valence-electron chi connectivity index (χ1n) is 8.41. The van der Waals surface area contributed by atoms with Crippen molar-refractivity contribution in [3.8, 4) is 5.75 Å². The van der Waals surface area contributed by atoms with Gasteiger partial charge in [0.15, 0.2) is 11.6 Å². The number of halogens is 1. The molecular weight excluding hydrogens is 347 g/mol. The zero-order valence-electron chi connectivity index (χ0n) is 14.9. The van der Waals surface area contributed by atoms with E-state index in [0.29, 0.717) is 17.3 Å². The lowest BCUT2D eigenvalue weighted by atomic mass is 10.3. The molecule has 0 aliphatic carbocycles. The Kier molecular flexibility index (Phi) is 4.15. The Morgan fingerprint density at radius 2 is 2.07 bits per heavy atom. The largest absolute Gasteiger partial charge is 0.494 e. The molecule has 1 aliphatic rings. The second kappa shape index (κ2) is 6.64. The number of nitrogens with zero attached hydrogens (tertiary/aromatic N) is 3. The minimum atomic E-state index is -0.465. The number of para-hydroxylation sites is 2. The van der Waals surface area contributed by atoms with E-state index >= 15 is 0 Å². The van der Waals surface area contributed by atoms with Gasteiger partial charge in [-0.2, -0.15) is 0 Å². The summed E-state index contributed by atoms with van der Waals surface area (Å²) in [5.74, 6) is 1.50. The minimum absolute atomic E-state index is 0.186. The van der Waals surface area contributed by atoms with E-state index in [1.165, 1.54) is 13.2 Å². The van der Waals surface area contributed by atoms with Crippen LogP contribution in [-0.4, -0.2) is 22.5 Å². The number of aliphatic imine (C=N–C) groups is 1. The van der Waals surface area contributed by atoms with Crippen LogP contribution >= 0.6 is 0 Å². The SMILES string of the molecule is COc1ccc(NC2=CC(N)=NC(n3c(C)nc4ccccc43)N2)cc1F. The van der Waals surface area contributed by atoms with Crippen LogP contribution in [0, 0.1) is 12.7 Å². The van der Waals surface area contributed by atoms with Crippen LogP contribution in [0.2, 0.25) is 0 Å². The quantitative estimate of drug-likeness (QED) is 0.661. The number of anilines is 1. The number of hydrogen-bond donors (Lipinski definition) is 3. The van der Waals surface area contributed by atoms with Gasteiger partial charge < -0.3 is 21.1 Å². The molecule has 2 aromatic carbocycles. The summed E-state index contributed by atoms with van der Waals surface area (Å²) in [4.78, 5) is 9.03. The number of fused-ring (bicyclic) bond motifs is 1. The molecule has 138 valence electrons. The maximum absolute atomic E-state index is 13.9. The standard InChI is InChI=1S/C19H19FN6O/c1-11-22-14-5-3-4-6-15(14)26(11)19-24-17(21)10-18(25-19)23-12-7-8-16(27-2)13(20)9-12/h3-10,19,23,25H,1-2H3,(H2,21,24). The molecule has 27 heavy (non-hydrogen) atoms. The highest BCUT2D eigenvalue weighted by Gasteiger charge is 2.20. The average Bonchev–Trinajstić information content (AvgIpc) is 2.97. The van der Waals surface area contributed by atoms with Crippen LogP contribution in [0.5, 0.6) is 5.75 Å². The van der Waals surface area contributed by atoms with Crippen molar-refractivity contribution in [1.29, 1.82) is 0 Å². The second-order valence-corrected chi connectivity index (χ2v) is 6.12. The van der Waals surface area contributed by atoms with Gasteiger partial charge in [-0.05, 0) is 31.2 Å². The van der Waals surface area contributed by atoms with Gasteiger partial charge in [-0.15, -0.1) is 0 Å². The molecule has 0 spiro atoms. The third kappa shape index (κ3) is 3.17. The van der Waals surface area contributed by atoms with Crippen LogP contribution in [0.15, 0.2) is 59.4 Å². The van der Waals surface area contributed by atoms with Crippen molar-refractivity contribution in [2.75, 3.05) is 12.4 Å². The number of aromatic nitrogens is 2. The first kappa shape index (κ1) is 16.9. The smallest absolute Gasteiger partial charge is 0.205 e. The van der Waals surface area contributed by atoms with Crippen molar-refractivity contribution in [2.45, 2.75) is 13.2 Å². The maximum atomic E-state index is 13.9. The van der Waals surface area contributed by atoms with E-state index in [-0.39, 0.29) is 5.75 Å². The molecule has 0 bridgehead atoms. The molecule has 0 saturated carbocycles. The molecule has 8 heteroatoms. The third-order valence-corrected chi connectivity index (χ3v) is 4.30. The summed E-state index contributed by atoms with van der Waals surface area (Å²) in [6, 6.07) is 12.5. The molecule has 4 rings (SSSR count). The van der Waals surface area contributed by atoms with E-state index in [0.717, 1.165) is 16.9 Å². The van der Waals surface area contributed by atoms with Crippen molar-refractivity contribution >= 4 is 22.6 Å². The molecular formula is C19H19FN6O. The summed E-state index contributed by atoms with van der Waals surface area (Å²) in [5, 5.41) is 6.39. The van der Waals surface area contributed by atoms with Gasteiger partial charge in [-0.3, -0.25) is 4.57 Å². The van der Waals surface area contributed by atoms with Crippen molar-refractivity contribution in [3.63, 3.8) is 0 Å². The Labute approximate surface area is 155 Å². The lowest BCUT2D eigenvalue weighted by molar-refractivity contribution is 0.386. The summed E-state index contributed by atoms with van der Waals surface area (Å²) in [7, 11) is 1.43. The Morgan fingerprint density at radius 3 is 2.85 bits per heavy atom. The highest BCUT2D eigenvalue weighted by molar-refractivity contribution is 5.93. The highest BCUT2D eigenvalue weighted by atomic mass is 19.1. The zero-order valence-corrected chi connectivity index (χ0v) is 14.9. The predicted octanol–water partition coefficient (Wildman–Crippen LogP) is 2.86. The monoisotopic (exact) mass is 366 g/mol. The van der Waals surface area contributed by atoms with Crippen LogP contribution < -0.4 is 21.1 Å². The van der Waals surface area contributed by atoms with Gasteiger partial charge in [0.05, 0.1) is 18.1 Å². The fourth-order valence-electron chi connectivity index (χ4n) is 3.11. The second-order valence-electron chi connectivity index (χ2n) is 6.12. The molecule has 2 heterocycles. The molecule has 1 aliphatic heterocycles. The molecule has 0 amide bonds. The van der Waals surface area contributed by atoms with Gasteiger partial charge in [0, 0.05) is 17.8 Å². The van der Waals surface area contributed by atoms with Crippen LogP contribution in [0.4, 0.5) is 10.1 Å². The van der Waals surface area contributed by atoms with Crippen molar-refractivity contribution in [3.05, 3.63) is 66.0 Å². The van der Waals surface area contributed by atoms with Gasteiger partial charge in [-0.1, -0.05) is 12.1 Å². The van der Waals surface area contributed by atoms with Crippen LogP contribution in [0.25, 0.3) is 11.0 Å². The molecule has 1 atom stereocenters. The van der Waals surface area contributed by atoms with Crippen LogP contribution in [-0.2, 0) is 0 Å². The van der Waals surface area contributed by atoms with Gasteiger partial charge in [0.2, 0.25) is 6.29 Å². The van der Waals surface area contributed by atoms with E-state index in [9.17, 15) is 4.39 Å². The van der Waals surface area contributed by atoms with E-state index in [2.05, 4.69) is 20.6 Å². The fourth-order valence-corrected chi connectivity index (χ4v) is 3.11.